The smallest absolute Gasteiger partial charge is 0.338 e. The van der Waals surface area contributed by atoms with Crippen LogP contribution in [0.3, 0.4) is 0 Å². The molecule has 0 bridgehead atoms. The third kappa shape index (κ3) is 3.87. The van der Waals surface area contributed by atoms with E-state index in [4.69, 9.17) is 0 Å². The first-order valence-electron chi connectivity index (χ1n) is 6.96. The van der Waals surface area contributed by atoms with Gasteiger partial charge in [0.25, 0.3) is 10.0 Å². The Kier molecular flexibility index (Phi) is 5.00. The maximum atomic E-state index is 12.2. The summed E-state index contributed by atoms with van der Waals surface area (Å²) < 4.78 is 31.3. The Hall–Kier alpha value is -2.41. The Morgan fingerprint density at radius 3 is 2.52 bits per heavy atom. The van der Waals surface area contributed by atoms with E-state index in [0.717, 1.165) is 11.8 Å². The number of rotatable bonds is 4. The molecule has 23 heavy (non-hydrogen) atoms. The highest BCUT2D eigenvalue weighted by Crippen LogP contribution is 2.22. The van der Waals surface area contributed by atoms with Gasteiger partial charge in [0.2, 0.25) is 0 Å². The number of methoxy groups -OCH3 is 1. The van der Waals surface area contributed by atoms with Crippen LogP contribution in [0.15, 0.2) is 52.6 Å². The van der Waals surface area contributed by atoms with Crippen LogP contribution in [-0.2, 0) is 24.3 Å². The molecule has 1 aliphatic rings. The van der Waals surface area contributed by atoms with Gasteiger partial charge < -0.3 is 4.74 Å². The molecule has 0 radical (unpaired) electrons. The highest BCUT2D eigenvalue weighted by molar-refractivity contribution is 7.89. The topological polar surface area (TPSA) is 89.5 Å². The quantitative estimate of drug-likeness (QED) is 0.667. The lowest BCUT2D eigenvalue weighted by atomic mass is 9.93. The van der Waals surface area contributed by atoms with Crippen LogP contribution in [0.2, 0.25) is 0 Å². The molecule has 1 aliphatic carbocycles. The molecule has 0 spiro atoms. The number of Topliss-reactive ketones (excluding diaryl/α,β-unsaturated/α-hetero) is 1. The van der Waals surface area contributed by atoms with Crippen molar-refractivity contribution in [1.29, 1.82) is 0 Å². The minimum atomic E-state index is -3.81. The average Bonchev–Trinajstić information content (AvgIpc) is 2.53. The maximum absolute atomic E-state index is 12.2. The highest BCUT2D eigenvalue weighted by atomic mass is 32.2. The van der Waals surface area contributed by atoms with Crippen molar-refractivity contribution in [3.8, 4) is 0 Å². The predicted octanol–water partition coefficient (Wildman–Crippen LogP) is 1.62. The molecular formula is C16H17NO5S. The van der Waals surface area contributed by atoms with Crippen molar-refractivity contribution in [2.45, 2.75) is 24.7 Å². The first kappa shape index (κ1) is 17.0. The molecule has 0 aromatic heterocycles. The summed E-state index contributed by atoms with van der Waals surface area (Å²) in [7, 11) is -2.61. The van der Waals surface area contributed by atoms with Crippen LogP contribution in [0.1, 0.15) is 18.4 Å². The van der Waals surface area contributed by atoms with Gasteiger partial charge in [-0.1, -0.05) is 23.8 Å². The van der Waals surface area contributed by atoms with Crippen LogP contribution in [0.4, 0.5) is 0 Å². The van der Waals surface area contributed by atoms with Crippen LogP contribution in [-0.4, -0.2) is 27.3 Å². The van der Waals surface area contributed by atoms with Crippen molar-refractivity contribution in [3.05, 3.63) is 53.3 Å². The molecule has 1 aromatic rings. The SMILES string of the molecule is COC(=O)C1=CCCC(=O)/C1=C\NS(=O)(=O)c1ccc(C)cc1. The number of carbonyl (C=O) groups excluding carboxylic acids is 2. The molecule has 0 heterocycles. The first-order chi connectivity index (χ1) is 10.8. The second-order valence-corrected chi connectivity index (χ2v) is 6.78. The van der Waals surface area contributed by atoms with Gasteiger partial charge in [0.05, 0.1) is 17.6 Å². The van der Waals surface area contributed by atoms with Crippen molar-refractivity contribution in [2.75, 3.05) is 7.11 Å². The van der Waals surface area contributed by atoms with Crippen LogP contribution in [0.5, 0.6) is 0 Å². The Labute approximate surface area is 134 Å². The lowest BCUT2D eigenvalue weighted by Gasteiger charge is -2.14. The summed E-state index contributed by atoms with van der Waals surface area (Å²) in [5, 5.41) is 0. The Balaban J connectivity index is 2.31. The zero-order chi connectivity index (χ0) is 17.0. The molecule has 0 aliphatic heterocycles. The first-order valence-corrected chi connectivity index (χ1v) is 8.44. The van der Waals surface area contributed by atoms with Gasteiger partial charge in [-0.15, -0.1) is 0 Å². The molecule has 0 atom stereocenters. The fraction of sp³-hybridized carbons (Fsp3) is 0.250. The number of allylic oxidation sites excluding steroid dienone is 1. The number of benzene rings is 1. The van der Waals surface area contributed by atoms with E-state index in [0.29, 0.717) is 6.42 Å². The number of sulfonamides is 1. The van der Waals surface area contributed by atoms with E-state index in [1.54, 1.807) is 18.2 Å². The van der Waals surface area contributed by atoms with E-state index in [9.17, 15) is 18.0 Å². The van der Waals surface area contributed by atoms with Gasteiger partial charge in [-0.2, -0.15) is 0 Å². The molecule has 6 nitrogen and oxygen atoms in total. The van der Waals surface area contributed by atoms with Gasteiger partial charge in [-0.3, -0.25) is 9.52 Å². The molecule has 7 heteroatoms. The molecule has 0 saturated carbocycles. The number of ether oxygens (including phenoxy) is 1. The summed E-state index contributed by atoms with van der Waals surface area (Å²) >= 11 is 0. The fourth-order valence-electron chi connectivity index (χ4n) is 2.13. The molecule has 0 fully saturated rings. The molecule has 1 N–H and O–H groups in total. The van der Waals surface area contributed by atoms with E-state index in [2.05, 4.69) is 9.46 Å². The van der Waals surface area contributed by atoms with Gasteiger partial charge >= 0.3 is 5.97 Å². The molecule has 0 saturated heterocycles. The van der Waals surface area contributed by atoms with Crippen molar-refractivity contribution in [2.24, 2.45) is 0 Å². The predicted molar refractivity (Wildman–Crippen MR) is 83.9 cm³/mol. The van der Waals surface area contributed by atoms with Crippen LogP contribution >= 0.6 is 0 Å². The zero-order valence-electron chi connectivity index (χ0n) is 12.8. The minimum absolute atomic E-state index is 0.0128. The van der Waals surface area contributed by atoms with Crippen molar-refractivity contribution >= 4 is 21.8 Å². The average molecular weight is 335 g/mol. The lowest BCUT2D eigenvalue weighted by Crippen LogP contribution is -2.23. The van der Waals surface area contributed by atoms with Crippen LogP contribution in [0, 0.1) is 6.92 Å². The van der Waals surface area contributed by atoms with Crippen molar-refractivity contribution in [3.63, 3.8) is 0 Å². The second-order valence-electron chi connectivity index (χ2n) is 5.06. The van der Waals surface area contributed by atoms with Crippen LogP contribution in [0.25, 0.3) is 0 Å². The standard InChI is InChI=1S/C16H17NO5S/c1-11-6-8-12(9-7-11)23(20,21)17-10-14-13(16(19)22-2)4-3-5-15(14)18/h4,6-10,17H,3,5H2,1-2H3/b14-10-. The van der Waals surface area contributed by atoms with Gasteiger partial charge in [0.15, 0.2) is 5.78 Å². The Morgan fingerprint density at radius 1 is 1.26 bits per heavy atom. The third-order valence-corrected chi connectivity index (χ3v) is 4.73. The third-order valence-electron chi connectivity index (χ3n) is 3.41. The summed E-state index contributed by atoms with van der Waals surface area (Å²) in [6, 6.07) is 6.28. The molecule has 1 aromatic carbocycles. The lowest BCUT2D eigenvalue weighted by molar-refractivity contribution is -0.136. The largest absolute Gasteiger partial charge is 0.465 e. The molecule has 0 amide bonds. The molecule has 2 rings (SSSR count). The minimum Gasteiger partial charge on any atom is -0.465 e. The van der Waals surface area contributed by atoms with Gasteiger partial charge in [-0.05, 0) is 25.5 Å². The van der Waals surface area contributed by atoms with E-state index < -0.39 is 16.0 Å². The number of hydrogen-bond acceptors (Lipinski definition) is 5. The summed E-state index contributed by atoms with van der Waals surface area (Å²) in [6.45, 7) is 1.85. The van der Waals surface area contributed by atoms with Crippen LogP contribution < -0.4 is 4.72 Å². The van der Waals surface area contributed by atoms with E-state index >= 15 is 0 Å². The summed E-state index contributed by atoms with van der Waals surface area (Å²) in [6.07, 6.45) is 3.27. The van der Waals surface area contributed by atoms with Gasteiger partial charge in [0.1, 0.15) is 0 Å². The number of nitrogens with one attached hydrogen (secondary N) is 1. The monoisotopic (exact) mass is 335 g/mol. The molecular weight excluding hydrogens is 318 g/mol. The molecule has 122 valence electrons. The number of carbonyl (C=O) groups is 2. The van der Waals surface area contributed by atoms with Gasteiger partial charge in [0, 0.05) is 18.2 Å². The van der Waals surface area contributed by atoms with E-state index in [-0.39, 0.29) is 28.2 Å². The zero-order valence-corrected chi connectivity index (χ0v) is 13.6. The number of aryl methyl sites for hydroxylation is 1. The van der Waals surface area contributed by atoms with Gasteiger partial charge in [-0.25, -0.2) is 13.2 Å². The van der Waals surface area contributed by atoms with Crippen molar-refractivity contribution < 1.29 is 22.7 Å². The van der Waals surface area contributed by atoms with E-state index in [1.807, 2.05) is 6.92 Å². The van der Waals surface area contributed by atoms with E-state index in [1.165, 1.54) is 19.2 Å². The summed E-state index contributed by atoms with van der Waals surface area (Å²) in [5.74, 6) is -0.974. The maximum Gasteiger partial charge on any atom is 0.338 e. The number of hydrogen-bond donors (Lipinski definition) is 1. The summed E-state index contributed by atoms with van der Waals surface area (Å²) in [4.78, 5) is 23.7. The fourth-order valence-corrected chi connectivity index (χ4v) is 3.03. The normalized spacial score (nSPS) is 16.9. The summed E-state index contributed by atoms with van der Waals surface area (Å²) in [5.41, 5.74) is 1.02. The number of esters is 1. The Bertz CT molecular complexity index is 788. The Morgan fingerprint density at radius 2 is 1.91 bits per heavy atom. The number of ketones is 1. The second kappa shape index (κ2) is 6.78. The molecule has 0 unspecified atom stereocenters. The van der Waals surface area contributed by atoms with Crippen molar-refractivity contribution in [1.82, 2.24) is 4.72 Å². The highest BCUT2D eigenvalue weighted by Gasteiger charge is 2.25.